The largest absolute Gasteiger partial charge is 0.357 e. The van der Waals surface area contributed by atoms with Crippen molar-refractivity contribution in [2.75, 3.05) is 26.2 Å². The average Bonchev–Trinajstić information content (AvgIpc) is 2.42. The molecule has 1 rings (SSSR count). The van der Waals surface area contributed by atoms with Crippen LogP contribution in [-0.4, -0.2) is 38.0 Å². The highest BCUT2D eigenvalue weighted by Crippen LogP contribution is 2.09. The van der Waals surface area contributed by atoms with Crippen LogP contribution in [0.15, 0.2) is 23.2 Å². The van der Waals surface area contributed by atoms with E-state index in [0.29, 0.717) is 13.1 Å². The van der Waals surface area contributed by atoms with Crippen LogP contribution < -0.4 is 16.0 Å². The molecule has 0 aromatic heterocycles. The van der Waals surface area contributed by atoms with E-state index in [1.807, 2.05) is 6.92 Å². The Morgan fingerprint density at radius 3 is 2.27 bits per heavy atom. The van der Waals surface area contributed by atoms with Gasteiger partial charge in [0.2, 0.25) is 5.91 Å². The highest BCUT2D eigenvalue weighted by molar-refractivity contribution is 5.79. The van der Waals surface area contributed by atoms with Gasteiger partial charge in [-0.1, -0.05) is 29.3 Å². The number of carbonyl (C=O) groups excluding carboxylic acids is 1. The molecule has 0 atom stereocenters. The maximum absolute atomic E-state index is 10.8. The van der Waals surface area contributed by atoms with Gasteiger partial charge in [0, 0.05) is 33.1 Å². The van der Waals surface area contributed by atoms with Crippen LogP contribution in [-0.2, 0) is 11.2 Å². The average molecular weight is 304 g/mol. The minimum absolute atomic E-state index is 0.0152. The van der Waals surface area contributed by atoms with Gasteiger partial charge in [-0.2, -0.15) is 0 Å². The second-order valence-electron chi connectivity index (χ2n) is 5.42. The van der Waals surface area contributed by atoms with Crippen molar-refractivity contribution in [2.24, 2.45) is 4.99 Å². The lowest BCUT2D eigenvalue weighted by Gasteiger charge is -2.11. The zero-order valence-electron chi connectivity index (χ0n) is 14.1. The minimum Gasteiger partial charge on any atom is -0.357 e. The topological polar surface area (TPSA) is 65.5 Å². The van der Waals surface area contributed by atoms with Crippen LogP contribution in [0.1, 0.15) is 30.5 Å². The summed E-state index contributed by atoms with van der Waals surface area (Å²) in [4.78, 5) is 15.4. The van der Waals surface area contributed by atoms with Crippen molar-refractivity contribution in [3.8, 4) is 0 Å². The number of nitrogens with zero attached hydrogens (tertiary/aromatic N) is 1. The third kappa shape index (κ3) is 7.67. The number of nitrogens with one attached hydrogen (secondary N) is 3. The van der Waals surface area contributed by atoms with Gasteiger partial charge in [-0.15, -0.1) is 0 Å². The normalized spacial score (nSPS) is 11.2. The number of hydrogen-bond acceptors (Lipinski definition) is 2. The molecule has 0 saturated carbocycles. The van der Waals surface area contributed by atoms with Crippen LogP contribution in [0.2, 0.25) is 0 Å². The van der Waals surface area contributed by atoms with Gasteiger partial charge in [-0.3, -0.25) is 9.79 Å². The van der Waals surface area contributed by atoms with E-state index in [9.17, 15) is 4.79 Å². The molecule has 5 nitrogen and oxygen atoms in total. The number of rotatable bonds is 7. The summed E-state index contributed by atoms with van der Waals surface area (Å²) in [6, 6.07) is 6.60. The van der Waals surface area contributed by atoms with E-state index in [0.717, 1.165) is 25.5 Å². The zero-order valence-corrected chi connectivity index (χ0v) is 14.1. The van der Waals surface area contributed by atoms with Crippen molar-refractivity contribution in [1.82, 2.24) is 16.0 Å². The lowest BCUT2D eigenvalue weighted by Crippen LogP contribution is -2.41. The van der Waals surface area contributed by atoms with E-state index in [2.05, 4.69) is 53.0 Å². The molecule has 0 aliphatic carbocycles. The number of amides is 1. The van der Waals surface area contributed by atoms with Gasteiger partial charge >= 0.3 is 0 Å². The quantitative estimate of drug-likeness (QED) is 0.407. The van der Waals surface area contributed by atoms with E-state index >= 15 is 0 Å². The Kier molecular flexibility index (Phi) is 8.04. The second-order valence-corrected chi connectivity index (χ2v) is 5.42. The summed E-state index contributed by atoms with van der Waals surface area (Å²) in [6.45, 7) is 10.6. The fraction of sp³-hybridized carbons (Fsp3) is 0.529. The highest BCUT2D eigenvalue weighted by atomic mass is 16.1. The molecule has 0 saturated heterocycles. The number of benzene rings is 1. The SMILES string of the molecule is CCNC(=NCCc1cc(C)cc(C)c1)NCCNC(C)=O. The molecule has 0 fully saturated rings. The Morgan fingerprint density at radius 1 is 1.05 bits per heavy atom. The highest BCUT2D eigenvalue weighted by Gasteiger charge is 1.99. The third-order valence-corrected chi connectivity index (χ3v) is 3.09. The Hall–Kier alpha value is -2.04. The monoisotopic (exact) mass is 304 g/mol. The number of guanidine groups is 1. The molecule has 0 aliphatic heterocycles. The van der Waals surface area contributed by atoms with Crippen molar-refractivity contribution in [2.45, 2.75) is 34.1 Å². The maximum atomic E-state index is 10.8. The lowest BCUT2D eigenvalue weighted by molar-refractivity contribution is -0.118. The van der Waals surface area contributed by atoms with Gasteiger partial charge < -0.3 is 16.0 Å². The first kappa shape index (κ1) is 18.0. The summed E-state index contributed by atoms with van der Waals surface area (Å²) in [6.07, 6.45) is 0.921. The first-order valence-corrected chi connectivity index (χ1v) is 7.85. The Balaban J connectivity index is 2.45. The molecule has 0 unspecified atom stereocenters. The van der Waals surface area contributed by atoms with Crippen molar-refractivity contribution in [1.29, 1.82) is 0 Å². The minimum atomic E-state index is -0.0152. The van der Waals surface area contributed by atoms with E-state index in [1.54, 1.807) is 0 Å². The smallest absolute Gasteiger partial charge is 0.216 e. The maximum Gasteiger partial charge on any atom is 0.216 e. The molecule has 22 heavy (non-hydrogen) atoms. The molecular weight excluding hydrogens is 276 g/mol. The fourth-order valence-electron chi connectivity index (χ4n) is 2.27. The van der Waals surface area contributed by atoms with Crippen LogP contribution in [0, 0.1) is 13.8 Å². The predicted octanol–water partition coefficient (Wildman–Crippen LogP) is 1.54. The van der Waals surface area contributed by atoms with Gasteiger partial charge in [0.05, 0.1) is 0 Å². The fourth-order valence-corrected chi connectivity index (χ4v) is 2.27. The predicted molar refractivity (Wildman–Crippen MR) is 92.3 cm³/mol. The Bertz CT molecular complexity index is 491. The first-order chi connectivity index (χ1) is 10.5. The number of aliphatic imine (C=N–C) groups is 1. The summed E-state index contributed by atoms with van der Waals surface area (Å²) in [5, 5.41) is 9.17. The number of hydrogen-bond donors (Lipinski definition) is 3. The molecule has 0 spiro atoms. The molecule has 122 valence electrons. The number of aryl methyl sites for hydroxylation is 2. The van der Waals surface area contributed by atoms with Gasteiger partial charge in [-0.05, 0) is 32.8 Å². The van der Waals surface area contributed by atoms with E-state index < -0.39 is 0 Å². The summed E-state index contributed by atoms with van der Waals surface area (Å²) in [5.41, 5.74) is 3.90. The van der Waals surface area contributed by atoms with Crippen molar-refractivity contribution < 1.29 is 4.79 Å². The van der Waals surface area contributed by atoms with Crippen molar-refractivity contribution in [3.63, 3.8) is 0 Å². The van der Waals surface area contributed by atoms with Gasteiger partial charge in [0.15, 0.2) is 5.96 Å². The van der Waals surface area contributed by atoms with Crippen molar-refractivity contribution >= 4 is 11.9 Å². The molecule has 1 amide bonds. The van der Waals surface area contributed by atoms with E-state index in [4.69, 9.17) is 0 Å². The summed E-state index contributed by atoms with van der Waals surface area (Å²) in [7, 11) is 0. The Labute approximate surface area is 133 Å². The first-order valence-electron chi connectivity index (χ1n) is 7.85. The molecule has 0 heterocycles. The standard InChI is InChI=1S/C17H28N4O/c1-5-18-17(21-9-8-19-15(4)22)20-7-6-16-11-13(2)10-14(3)12-16/h10-12H,5-9H2,1-4H3,(H,19,22)(H2,18,20,21). The lowest BCUT2D eigenvalue weighted by atomic mass is 10.1. The molecule has 1 aromatic carbocycles. The van der Waals surface area contributed by atoms with Gasteiger partial charge in [-0.25, -0.2) is 0 Å². The zero-order chi connectivity index (χ0) is 16.4. The van der Waals surface area contributed by atoms with Crippen LogP contribution >= 0.6 is 0 Å². The van der Waals surface area contributed by atoms with Crippen LogP contribution in [0.3, 0.4) is 0 Å². The van der Waals surface area contributed by atoms with Crippen LogP contribution in [0.4, 0.5) is 0 Å². The van der Waals surface area contributed by atoms with E-state index in [-0.39, 0.29) is 5.91 Å². The Morgan fingerprint density at radius 2 is 1.68 bits per heavy atom. The molecular formula is C17H28N4O. The molecule has 0 aliphatic rings. The van der Waals surface area contributed by atoms with Gasteiger partial charge in [0.1, 0.15) is 0 Å². The molecule has 0 radical (unpaired) electrons. The summed E-state index contributed by atoms with van der Waals surface area (Å²) in [5.74, 6) is 0.774. The van der Waals surface area contributed by atoms with Gasteiger partial charge in [0.25, 0.3) is 0 Å². The molecule has 5 heteroatoms. The number of carbonyl (C=O) groups is 1. The van der Waals surface area contributed by atoms with Crippen molar-refractivity contribution in [3.05, 3.63) is 34.9 Å². The van der Waals surface area contributed by atoms with Crippen LogP contribution in [0.25, 0.3) is 0 Å². The summed E-state index contributed by atoms with van der Waals surface area (Å²) >= 11 is 0. The molecule has 1 aromatic rings. The second kappa shape index (κ2) is 9.82. The van der Waals surface area contributed by atoms with Crippen LogP contribution in [0.5, 0.6) is 0 Å². The van der Waals surface area contributed by atoms with E-state index in [1.165, 1.54) is 23.6 Å². The third-order valence-electron chi connectivity index (χ3n) is 3.09. The summed E-state index contributed by atoms with van der Waals surface area (Å²) < 4.78 is 0. The molecule has 0 bridgehead atoms. The molecule has 3 N–H and O–H groups in total.